The van der Waals surface area contributed by atoms with Gasteiger partial charge in [0.2, 0.25) is 0 Å². The van der Waals surface area contributed by atoms with Crippen molar-refractivity contribution in [3.63, 3.8) is 0 Å². The Hall–Kier alpha value is -0.570. The first-order valence-corrected chi connectivity index (χ1v) is 3.54. The van der Waals surface area contributed by atoms with E-state index in [1.165, 1.54) is 7.11 Å². The number of aliphatic carboxylic acids is 1. The van der Waals surface area contributed by atoms with Crippen LogP contribution >= 0.6 is 0 Å². The molecule has 0 aromatic heterocycles. The molecule has 0 saturated heterocycles. The van der Waals surface area contributed by atoms with E-state index in [4.69, 9.17) is 9.84 Å². The summed E-state index contributed by atoms with van der Waals surface area (Å²) in [7, 11) is 1.42. The van der Waals surface area contributed by atoms with Crippen LogP contribution in [0.5, 0.6) is 0 Å². The first-order chi connectivity index (χ1) is 4.75. The van der Waals surface area contributed by atoms with E-state index in [-0.39, 0.29) is 0 Å². The molecule has 3 nitrogen and oxygen atoms in total. The lowest BCUT2D eigenvalue weighted by molar-refractivity contribution is -0.173. The normalized spacial score (nSPS) is 17.5. The van der Waals surface area contributed by atoms with Crippen LogP contribution in [0.15, 0.2) is 0 Å². The number of hydrogen-bond donors (Lipinski definition) is 1. The monoisotopic (exact) mass is 160 g/mol. The molecule has 1 unspecified atom stereocenters. The van der Waals surface area contributed by atoms with Gasteiger partial charge in [0.25, 0.3) is 0 Å². The lowest BCUT2D eigenvalue weighted by atomic mass is 9.78. The van der Waals surface area contributed by atoms with Crippen LogP contribution in [0, 0.1) is 5.41 Å². The second kappa shape index (κ2) is 2.81. The zero-order chi connectivity index (χ0) is 9.28. The quantitative estimate of drug-likeness (QED) is 0.666. The largest absolute Gasteiger partial charge is 0.479 e. The highest BCUT2D eigenvalue weighted by Crippen LogP contribution is 2.32. The fourth-order valence-electron chi connectivity index (χ4n) is 0.714. The van der Waals surface area contributed by atoms with Gasteiger partial charge in [-0.3, -0.25) is 0 Å². The summed E-state index contributed by atoms with van der Waals surface area (Å²) in [5.41, 5.74) is -1.50. The molecule has 0 aromatic carbocycles. The van der Waals surface area contributed by atoms with Gasteiger partial charge in [-0.25, -0.2) is 4.79 Å². The van der Waals surface area contributed by atoms with E-state index in [1.807, 2.05) is 20.8 Å². The third kappa shape index (κ3) is 1.71. The molecule has 11 heavy (non-hydrogen) atoms. The Morgan fingerprint density at radius 3 is 1.64 bits per heavy atom. The Kier molecular flexibility index (Phi) is 2.67. The van der Waals surface area contributed by atoms with Gasteiger partial charge in [-0.05, 0) is 6.92 Å². The van der Waals surface area contributed by atoms with Gasteiger partial charge in [0.1, 0.15) is 0 Å². The van der Waals surface area contributed by atoms with Crippen LogP contribution in [-0.4, -0.2) is 23.8 Å². The molecule has 0 aliphatic heterocycles. The van der Waals surface area contributed by atoms with Crippen molar-refractivity contribution in [1.29, 1.82) is 0 Å². The standard InChI is InChI=1S/C8H16O3/c1-7(2,3)8(4,11-5)6(9)10/h1-5H3,(H,9,10). The number of carboxylic acids is 1. The van der Waals surface area contributed by atoms with Gasteiger partial charge in [-0.15, -0.1) is 0 Å². The van der Waals surface area contributed by atoms with Crippen molar-refractivity contribution in [3.8, 4) is 0 Å². The van der Waals surface area contributed by atoms with Gasteiger partial charge in [0.15, 0.2) is 5.60 Å². The Bertz CT molecular complexity index is 157. The summed E-state index contributed by atoms with van der Waals surface area (Å²) in [5, 5.41) is 8.84. The Morgan fingerprint density at radius 1 is 1.27 bits per heavy atom. The van der Waals surface area contributed by atoms with Crippen LogP contribution in [0.4, 0.5) is 0 Å². The summed E-state index contributed by atoms with van der Waals surface area (Å²) in [6.07, 6.45) is 0. The van der Waals surface area contributed by atoms with Crippen LogP contribution in [0.25, 0.3) is 0 Å². The van der Waals surface area contributed by atoms with Crippen LogP contribution < -0.4 is 0 Å². The number of methoxy groups -OCH3 is 1. The first kappa shape index (κ1) is 10.4. The highest BCUT2D eigenvalue weighted by atomic mass is 16.5. The zero-order valence-corrected chi connectivity index (χ0v) is 7.76. The maximum absolute atomic E-state index is 10.8. The highest BCUT2D eigenvalue weighted by molar-refractivity contribution is 5.78. The molecule has 1 N–H and O–H groups in total. The van der Waals surface area contributed by atoms with Gasteiger partial charge >= 0.3 is 5.97 Å². The fourth-order valence-corrected chi connectivity index (χ4v) is 0.714. The summed E-state index contributed by atoms with van der Waals surface area (Å²) in [5.74, 6) is -0.924. The number of carboxylic acid groups (broad SMARTS) is 1. The van der Waals surface area contributed by atoms with Crippen molar-refractivity contribution >= 4 is 5.97 Å². The van der Waals surface area contributed by atoms with Crippen molar-refractivity contribution in [3.05, 3.63) is 0 Å². The second-order valence-corrected chi connectivity index (χ2v) is 3.79. The molecule has 0 amide bonds. The van der Waals surface area contributed by atoms with Gasteiger partial charge < -0.3 is 9.84 Å². The third-order valence-corrected chi connectivity index (χ3v) is 2.25. The van der Waals surface area contributed by atoms with Crippen LogP contribution in [0.3, 0.4) is 0 Å². The summed E-state index contributed by atoms with van der Waals surface area (Å²) in [6.45, 7) is 7.09. The van der Waals surface area contributed by atoms with Gasteiger partial charge in [0, 0.05) is 12.5 Å². The van der Waals surface area contributed by atoms with E-state index >= 15 is 0 Å². The molecule has 0 saturated carbocycles. The van der Waals surface area contributed by atoms with E-state index in [1.54, 1.807) is 6.92 Å². The van der Waals surface area contributed by atoms with E-state index in [0.717, 1.165) is 0 Å². The van der Waals surface area contributed by atoms with Crippen molar-refractivity contribution in [1.82, 2.24) is 0 Å². The predicted octanol–water partition coefficient (Wildman–Crippen LogP) is 1.52. The van der Waals surface area contributed by atoms with Crippen molar-refractivity contribution in [2.24, 2.45) is 5.41 Å². The average molecular weight is 160 g/mol. The molecule has 0 aliphatic rings. The maximum atomic E-state index is 10.8. The minimum absolute atomic E-state index is 0.395. The first-order valence-electron chi connectivity index (χ1n) is 3.54. The average Bonchev–Trinajstić information content (AvgIpc) is 1.83. The molecule has 0 aromatic rings. The third-order valence-electron chi connectivity index (χ3n) is 2.25. The number of carbonyl (C=O) groups is 1. The molecule has 0 radical (unpaired) electrons. The summed E-state index contributed by atoms with van der Waals surface area (Å²) in [6, 6.07) is 0. The summed E-state index contributed by atoms with van der Waals surface area (Å²) in [4.78, 5) is 10.8. The molecule has 0 aliphatic carbocycles. The van der Waals surface area contributed by atoms with Gasteiger partial charge in [-0.2, -0.15) is 0 Å². The highest BCUT2D eigenvalue weighted by Gasteiger charge is 2.44. The minimum Gasteiger partial charge on any atom is -0.479 e. The van der Waals surface area contributed by atoms with Gasteiger partial charge in [-0.1, -0.05) is 20.8 Å². The Balaban J connectivity index is 4.75. The molecule has 0 bridgehead atoms. The topological polar surface area (TPSA) is 46.5 Å². The second-order valence-electron chi connectivity index (χ2n) is 3.79. The molecule has 1 atom stereocenters. The van der Waals surface area contributed by atoms with E-state index < -0.39 is 17.0 Å². The number of rotatable bonds is 2. The smallest absolute Gasteiger partial charge is 0.336 e. The van der Waals surface area contributed by atoms with Gasteiger partial charge in [0.05, 0.1) is 0 Å². The molecular formula is C8H16O3. The zero-order valence-electron chi connectivity index (χ0n) is 7.76. The number of hydrogen-bond acceptors (Lipinski definition) is 2. The predicted molar refractivity (Wildman–Crippen MR) is 42.5 cm³/mol. The molecule has 0 rings (SSSR count). The SMILES string of the molecule is COC(C)(C(=O)O)C(C)(C)C. The fraction of sp³-hybridized carbons (Fsp3) is 0.875. The lowest BCUT2D eigenvalue weighted by Gasteiger charge is -2.36. The number of ether oxygens (including phenoxy) is 1. The van der Waals surface area contributed by atoms with E-state index in [9.17, 15) is 4.79 Å². The molecule has 0 spiro atoms. The van der Waals surface area contributed by atoms with Crippen LogP contribution in [0.2, 0.25) is 0 Å². The lowest BCUT2D eigenvalue weighted by Crippen LogP contribution is -2.48. The summed E-state index contributed by atoms with van der Waals surface area (Å²) >= 11 is 0. The summed E-state index contributed by atoms with van der Waals surface area (Å²) < 4.78 is 4.96. The van der Waals surface area contributed by atoms with Crippen LogP contribution in [-0.2, 0) is 9.53 Å². The molecule has 3 heteroatoms. The van der Waals surface area contributed by atoms with Crippen LogP contribution in [0.1, 0.15) is 27.7 Å². The Labute approximate surface area is 67.4 Å². The van der Waals surface area contributed by atoms with E-state index in [2.05, 4.69) is 0 Å². The van der Waals surface area contributed by atoms with Crippen molar-refractivity contribution in [2.75, 3.05) is 7.11 Å². The van der Waals surface area contributed by atoms with Crippen molar-refractivity contribution in [2.45, 2.75) is 33.3 Å². The molecule has 0 heterocycles. The molecule has 66 valence electrons. The maximum Gasteiger partial charge on any atom is 0.336 e. The van der Waals surface area contributed by atoms with E-state index in [0.29, 0.717) is 0 Å². The minimum atomic E-state index is -1.10. The molecular weight excluding hydrogens is 144 g/mol. The molecule has 0 fully saturated rings. The Morgan fingerprint density at radius 2 is 1.64 bits per heavy atom. The van der Waals surface area contributed by atoms with Crippen molar-refractivity contribution < 1.29 is 14.6 Å².